The van der Waals surface area contributed by atoms with Gasteiger partial charge in [0.2, 0.25) is 0 Å². The summed E-state index contributed by atoms with van der Waals surface area (Å²) in [6, 6.07) is 192. The Balaban J connectivity index is 0.000000110. The molecule has 0 aliphatic carbocycles. The van der Waals surface area contributed by atoms with Gasteiger partial charge >= 0.3 is 0 Å². The Morgan fingerprint density at radius 1 is 0.0942 bits per heavy atom. The molecule has 0 heterocycles. The van der Waals surface area contributed by atoms with E-state index in [2.05, 4.69) is 536 Å². The molecule has 0 unspecified atom stereocenters. The van der Waals surface area contributed by atoms with Crippen LogP contribution in [0.2, 0.25) is 0 Å². The number of rotatable bonds is 11. The van der Waals surface area contributed by atoms with Crippen molar-refractivity contribution in [3.05, 3.63) is 533 Å². The lowest BCUT2D eigenvalue weighted by molar-refractivity contribution is 1.49. The van der Waals surface area contributed by atoms with Crippen LogP contribution in [0.1, 0.15) is 11.1 Å². The van der Waals surface area contributed by atoms with E-state index in [4.69, 9.17) is 0 Å². The van der Waals surface area contributed by atoms with E-state index in [1.807, 2.05) is 0 Å². The highest BCUT2D eigenvalue weighted by atomic mass is 14.3. The predicted octanol–water partition coefficient (Wildman–Crippen LogP) is 39.0. The maximum absolute atomic E-state index is 2.42. The maximum atomic E-state index is 2.42. The van der Waals surface area contributed by atoms with Gasteiger partial charge in [0.1, 0.15) is 0 Å². The summed E-state index contributed by atoms with van der Waals surface area (Å²) in [6.07, 6.45) is 0. The normalized spacial score (nSPS) is 11.6. The van der Waals surface area contributed by atoms with E-state index in [9.17, 15) is 0 Å². The number of aryl methyl sites for hydroxylation is 2. The molecule has 0 bridgehead atoms. The van der Waals surface area contributed by atoms with Crippen LogP contribution in [0, 0.1) is 13.8 Å². The Bertz CT molecular complexity index is 9350. The van der Waals surface area contributed by atoms with E-state index < -0.39 is 0 Å². The molecule has 0 aliphatic heterocycles. The van der Waals surface area contributed by atoms with Gasteiger partial charge in [-0.15, -0.1) is 0 Å². The van der Waals surface area contributed by atoms with Crippen LogP contribution in [0.4, 0.5) is 0 Å². The van der Waals surface area contributed by atoms with Gasteiger partial charge in [-0.1, -0.05) is 472 Å². The van der Waals surface area contributed by atoms with Gasteiger partial charge in [0, 0.05) is 0 Å². The van der Waals surface area contributed by atoms with E-state index >= 15 is 0 Å². The first-order valence-corrected chi connectivity index (χ1v) is 48.0. The summed E-state index contributed by atoms with van der Waals surface area (Å²) in [5, 5.41) is 33.0. The van der Waals surface area contributed by atoms with E-state index in [1.165, 1.54) is 274 Å². The van der Waals surface area contributed by atoms with Crippen LogP contribution in [-0.2, 0) is 0 Å². The first-order valence-electron chi connectivity index (χ1n) is 48.0. The molecular formula is C138H92. The SMILES string of the molecule is Cc1ccc2c(-c3cc(-c4ccc5ccccc5c4)cc4ccccc34)c3ccc(C)cc3c(-c3ccccc3)c2c1.c1cc(-c2ccc3ccccc3c2)cc(-c2c3ccccc3c(-c3cc(-c4ccc5ccccc5c4)cc4ccccc34)c3ccccc23)c1.c1ccc(-c2ccc3ccc(-c4cccc5c(-c6c7ccccc7c(-c7ccccc7)c7ccccc67)cccc45)cc3c2)cc1. The van der Waals surface area contributed by atoms with Crippen LogP contribution in [0.5, 0.6) is 0 Å². The molecule has 0 fully saturated rings. The number of fused-ring (bicyclic) bond motifs is 13. The van der Waals surface area contributed by atoms with Crippen molar-refractivity contribution in [2.45, 2.75) is 13.8 Å². The second-order valence-corrected chi connectivity index (χ2v) is 36.9. The molecule has 138 heavy (non-hydrogen) atoms. The zero-order valence-corrected chi connectivity index (χ0v) is 76.7. The monoisotopic (exact) mass is 1750 g/mol. The largest absolute Gasteiger partial charge is 0.0622 e. The number of hydrogen-bond acceptors (Lipinski definition) is 0. The summed E-state index contributed by atoms with van der Waals surface area (Å²) in [7, 11) is 0. The molecule has 0 heteroatoms. The van der Waals surface area contributed by atoms with Crippen molar-refractivity contribution in [1.82, 2.24) is 0 Å². The number of hydrogen-bond donors (Lipinski definition) is 0. The van der Waals surface area contributed by atoms with E-state index in [1.54, 1.807) is 0 Å². The van der Waals surface area contributed by atoms with Crippen LogP contribution in [0.3, 0.4) is 0 Å². The number of benzene rings is 27. The fraction of sp³-hybridized carbons (Fsp3) is 0.0145. The Morgan fingerprint density at radius 2 is 0.348 bits per heavy atom. The summed E-state index contributed by atoms with van der Waals surface area (Å²) in [5.74, 6) is 0. The molecule has 0 spiro atoms. The molecule has 0 amide bonds. The Kier molecular flexibility index (Phi) is 20.9. The standard InChI is InChI=1S/C50H32.C46H30.C42H30/c1-3-14-35-28-38(26-24-33(35)12-1)37-17-11-18-41(30-37)49-44-20-7-9-22-46(44)50(47-23-10-8-21-45(47)49)48-32-42(31-40-16-5-6-19-43(40)48)39-27-25-34-13-2-4-15-36(34)29-39;1-3-13-31(14-4-1)34-27-25-32-26-28-35(30-36(32)29-34)37-21-11-23-39-38(37)22-12-24-40(39)46-43-19-9-7-17-41(43)45(33-15-5-2-6-16-33)42-18-8-10-20-44(42)46;1-27-16-20-36-38(22-27)41(30-11-4-3-5-12-30)39-23-28(2)17-21-37(39)42(36)40-26-34(25-33-14-8-9-15-35(33)40)32-19-18-29-10-6-7-13-31(29)24-32/h1-32H;1-30H;3-26H,1-2H3. The highest BCUT2D eigenvalue weighted by molar-refractivity contribution is 6.28. The third kappa shape index (κ3) is 14.9. The van der Waals surface area contributed by atoms with Crippen molar-refractivity contribution in [3.63, 3.8) is 0 Å². The lowest BCUT2D eigenvalue weighted by Crippen LogP contribution is -1.93. The molecule has 0 aliphatic rings. The fourth-order valence-electron chi connectivity index (χ4n) is 22.1. The highest BCUT2D eigenvalue weighted by Gasteiger charge is 2.25. The van der Waals surface area contributed by atoms with E-state index in [0.29, 0.717) is 0 Å². The molecule has 0 nitrogen and oxygen atoms in total. The van der Waals surface area contributed by atoms with Gasteiger partial charge in [-0.2, -0.15) is 0 Å². The average molecular weight is 1750 g/mol. The van der Waals surface area contributed by atoms with Gasteiger partial charge < -0.3 is 0 Å². The molecule has 0 saturated heterocycles. The first kappa shape index (κ1) is 82.2. The smallest absolute Gasteiger partial charge is 0.00199 e. The third-order valence-corrected chi connectivity index (χ3v) is 28.5. The zero-order valence-electron chi connectivity index (χ0n) is 76.7. The van der Waals surface area contributed by atoms with Crippen LogP contribution < -0.4 is 0 Å². The second-order valence-electron chi connectivity index (χ2n) is 36.9. The molecule has 0 atom stereocenters. The summed E-state index contributed by atoms with van der Waals surface area (Å²) in [5.41, 5.74) is 30.2. The molecule has 27 rings (SSSR count). The molecule has 644 valence electrons. The summed E-state index contributed by atoms with van der Waals surface area (Å²) in [6.45, 7) is 4.40. The van der Waals surface area contributed by atoms with Crippen molar-refractivity contribution in [3.8, 4) is 122 Å². The van der Waals surface area contributed by atoms with E-state index in [0.717, 1.165) is 0 Å². The first-order chi connectivity index (χ1) is 68.2. The van der Waals surface area contributed by atoms with Gasteiger partial charge in [-0.3, -0.25) is 0 Å². The molecular weight excluding hydrogens is 1660 g/mol. The van der Waals surface area contributed by atoms with Gasteiger partial charge in [0.25, 0.3) is 0 Å². The quantitative estimate of drug-likeness (QED) is 0.113. The maximum Gasteiger partial charge on any atom is -0.00199 e. The van der Waals surface area contributed by atoms with Crippen molar-refractivity contribution >= 4 is 140 Å². The Labute approximate surface area is 803 Å². The highest BCUT2D eigenvalue weighted by Crippen LogP contribution is 2.52. The minimum atomic E-state index is 1.22. The molecule has 0 radical (unpaired) electrons. The van der Waals surface area contributed by atoms with Gasteiger partial charge in [-0.05, 0) is 337 Å². The molecule has 0 N–H and O–H groups in total. The van der Waals surface area contributed by atoms with E-state index in [-0.39, 0.29) is 0 Å². The fourth-order valence-corrected chi connectivity index (χ4v) is 22.1. The van der Waals surface area contributed by atoms with Crippen molar-refractivity contribution in [2.24, 2.45) is 0 Å². The molecule has 0 aromatic heterocycles. The van der Waals surface area contributed by atoms with Crippen LogP contribution in [0.15, 0.2) is 522 Å². The van der Waals surface area contributed by atoms with Gasteiger partial charge in [0.05, 0.1) is 0 Å². The van der Waals surface area contributed by atoms with Crippen LogP contribution in [-0.4, -0.2) is 0 Å². The van der Waals surface area contributed by atoms with Crippen LogP contribution in [0.25, 0.3) is 262 Å². The summed E-state index contributed by atoms with van der Waals surface area (Å²) in [4.78, 5) is 0. The van der Waals surface area contributed by atoms with Crippen molar-refractivity contribution in [2.75, 3.05) is 0 Å². The predicted molar refractivity (Wildman–Crippen MR) is 596 cm³/mol. The summed E-state index contributed by atoms with van der Waals surface area (Å²) >= 11 is 0. The lowest BCUT2D eigenvalue weighted by Gasteiger charge is -2.20. The zero-order chi connectivity index (χ0) is 91.7. The Morgan fingerprint density at radius 3 is 0.783 bits per heavy atom. The minimum absolute atomic E-state index is 1.22. The summed E-state index contributed by atoms with van der Waals surface area (Å²) < 4.78 is 0. The topological polar surface area (TPSA) is 0 Å². The van der Waals surface area contributed by atoms with Crippen molar-refractivity contribution < 1.29 is 0 Å². The molecule has 0 saturated carbocycles. The van der Waals surface area contributed by atoms with Gasteiger partial charge in [0.15, 0.2) is 0 Å². The molecule has 27 aromatic rings. The van der Waals surface area contributed by atoms with Crippen LogP contribution >= 0.6 is 0 Å². The van der Waals surface area contributed by atoms with Gasteiger partial charge in [-0.25, -0.2) is 0 Å². The third-order valence-electron chi connectivity index (χ3n) is 28.5. The average Bonchev–Trinajstić information content (AvgIpc) is 0.733. The van der Waals surface area contributed by atoms with Crippen molar-refractivity contribution in [1.29, 1.82) is 0 Å². The lowest BCUT2D eigenvalue weighted by atomic mass is 9.83. The molecule has 27 aromatic carbocycles. The minimum Gasteiger partial charge on any atom is -0.0622 e. The second kappa shape index (κ2) is 35.0. The Hall–Kier alpha value is -17.7.